The lowest BCUT2D eigenvalue weighted by Gasteiger charge is -2.47. The number of hydrogen-bond donors (Lipinski definition) is 1. The van der Waals surface area contributed by atoms with Crippen molar-refractivity contribution >= 4 is 11.9 Å². The number of urea groups is 1. The van der Waals surface area contributed by atoms with Crippen LogP contribution < -0.4 is 10.1 Å². The minimum absolute atomic E-state index is 0.203. The van der Waals surface area contributed by atoms with Crippen LogP contribution in [0, 0.1) is 6.92 Å². The summed E-state index contributed by atoms with van der Waals surface area (Å²) in [6, 6.07) is 7.29. The summed E-state index contributed by atoms with van der Waals surface area (Å²) >= 11 is 0. The zero-order valence-corrected chi connectivity index (χ0v) is 17.6. The number of aryl methyl sites for hydroxylation is 1. The first-order valence-corrected chi connectivity index (χ1v) is 10.1. The van der Waals surface area contributed by atoms with Crippen molar-refractivity contribution in [3.63, 3.8) is 0 Å². The largest absolute Gasteiger partial charge is 0.497 e. The topological polar surface area (TPSA) is 106 Å². The average molecular weight is 430 g/mol. The summed E-state index contributed by atoms with van der Waals surface area (Å²) in [6.07, 6.45) is 1.25. The van der Waals surface area contributed by atoms with E-state index >= 15 is 0 Å². The molecule has 0 bridgehead atoms. The number of aromatic nitrogens is 1. The Labute approximate surface area is 180 Å². The highest BCUT2D eigenvalue weighted by molar-refractivity contribution is 5.92. The summed E-state index contributed by atoms with van der Waals surface area (Å²) in [6.45, 7) is 4.01. The van der Waals surface area contributed by atoms with Crippen molar-refractivity contribution in [1.29, 1.82) is 0 Å². The van der Waals surface area contributed by atoms with Gasteiger partial charge in [-0.25, -0.2) is 9.78 Å². The van der Waals surface area contributed by atoms with Gasteiger partial charge >= 0.3 is 6.03 Å². The number of morpholine rings is 2. The van der Waals surface area contributed by atoms with Crippen molar-refractivity contribution in [2.45, 2.75) is 19.3 Å². The van der Waals surface area contributed by atoms with Crippen molar-refractivity contribution in [3.05, 3.63) is 47.7 Å². The number of oxazole rings is 1. The fourth-order valence-corrected chi connectivity index (χ4v) is 3.73. The van der Waals surface area contributed by atoms with Crippen LogP contribution in [0.25, 0.3) is 0 Å². The van der Waals surface area contributed by atoms with E-state index in [2.05, 4.69) is 10.3 Å². The van der Waals surface area contributed by atoms with Gasteiger partial charge in [0.1, 0.15) is 5.75 Å². The number of amides is 3. The highest BCUT2D eigenvalue weighted by Crippen LogP contribution is 2.26. The van der Waals surface area contributed by atoms with Gasteiger partial charge in [0.05, 0.1) is 39.1 Å². The molecule has 1 spiro atoms. The van der Waals surface area contributed by atoms with Gasteiger partial charge in [0.25, 0.3) is 5.91 Å². The number of nitrogens with zero attached hydrogens (tertiary/aromatic N) is 3. The van der Waals surface area contributed by atoms with Gasteiger partial charge in [-0.1, -0.05) is 12.1 Å². The molecule has 0 aliphatic carbocycles. The van der Waals surface area contributed by atoms with E-state index < -0.39 is 5.79 Å². The summed E-state index contributed by atoms with van der Waals surface area (Å²) in [5.41, 5.74) is 1.50. The molecule has 10 heteroatoms. The van der Waals surface area contributed by atoms with Gasteiger partial charge < -0.3 is 33.7 Å². The van der Waals surface area contributed by atoms with Gasteiger partial charge in [-0.05, 0) is 24.6 Å². The number of rotatable bonds is 4. The standard InChI is InChI=1S/C21H26N4O6/c1-15-18(29-14-23-15)19(26)24-7-9-30-21(12-24)13-25(8-10-31-21)20(27)22-11-16-3-5-17(28-2)6-4-16/h3-6,14H,7-13H2,1-2H3,(H,22,27). The fraction of sp³-hybridized carbons (Fsp3) is 0.476. The van der Waals surface area contributed by atoms with Crippen LogP contribution in [0.3, 0.4) is 0 Å². The molecule has 3 heterocycles. The number of ether oxygens (including phenoxy) is 3. The minimum Gasteiger partial charge on any atom is -0.497 e. The molecule has 2 aromatic rings. The third kappa shape index (κ3) is 4.64. The van der Waals surface area contributed by atoms with Gasteiger partial charge in [-0.2, -0.15) is 0 Å². The first-order valence-electron chi connectivity index (χ1n) is 10.1. The third-order valence-corrected chi connectivity index (χ3v) is 5.43. The third-order valence-electron chi connectivity index (χ3n) is 5.43. The Kier molecular flexibility index (Phi) is 6.10. The van der Waals surface area contributed by atoms with Crippen LogP contribution in [-0.2, 0) is 16.0 Å². The second-order valence-corrected chi connectivity index (χ2v) is 7.53. The first-order chi connectivity index (χ1) is 15.0. The van der Waals surface area contributed by atoms with E-state index in [1.807, 2.05) is 24.3 Å². The molecular weight excluding hydrogens is 404 g/mol. The quantitative estimate of drug-likeness (QED) is 0.781. The van der Waals surface area contributed by atoms with E-state index in [0.29, 0.717) is 38.5 Å². The Morgan fingerprint density at radius 2 is 1.81 bits per heavy atom. The van der Waals surface area contributed by atoms with Crippen LogP contribution in [0.4, 0.5) is 4.79 Å². The van der Waals surface area contributed by atoms with Gasteiger partial charge in [0.2, 0.25) is 11.5 Å². The second-order valence-electron chi connectivity index (χ2n) is 7.53. The van der Waals surface area contributed by atoms with Gasteiger partial charge in [0, 0.05) is 19.6 Å². The molecule has 1 aromatic carbocycles. The second kappa shape index (κ2) is 8.94. The van der Waals surface area contributed by atoms with Crippen LogP contribution in [0.1, 0.15) is 21.8 Å². The Hall–Kier alpha value is -3.11. The van der Waals surface area contributed by atoms with E-state index in [1.165, 1.54) is 6.39 Å². The predicted molar refractivity (Wildman–Crippen MR) is 109 cm³/mol. The number of carbonyl (C=O) groups excluding carboxylic acids is 2. The Morgan fingerprint density at radius 1 is 1.13 bits per heavy atom. The fourth-order valence-electron chi connectivity index (χ4n) is 3.73. The molecule has 10 nitrogen and oxygen atoms in total. The van der Waals surface area contributed by atoms with Crippen LogP contribution in [-0.4, -0.2) is 79.0 Å². The van der Waals surface area contributed by atoms with Crippen molar-refractivity contribution < 1.29 is 28.2 Å². The van der Waals surface area contributed by atoms with Crippen LogP contribution in [0.2, 0.25) is 0 Å². The SMILES string of the molecule is COc1ccc(CNC(=O)N2CCOC3(C2)CN(C(=O)c2ocnc2C)CCO3)cc1. The molecule has 166 valence electrons. The Bertz CT molecular complexity index is 926. The highest BCUT2D eigenvalue weighted by Gasteiger charge is 2.45. The van der Waals surface area contributed by atoms with Crippen LogP contribution in [0.5, 0.6) is 5.75 Å². The zero-order chi connectivity index (χ0) is 21.8. The smallest absolute Gasteiger partial charge is 0.317 e. The predicted octanol–water partition coefficient (Wildman–Crippen LogP) is 1.40. The highest BCUT2D eigenvalue weighted by atomic mass is 16.7. The lowest BCUT2D eigenvalue weighted by Crippen LogP contribution is -2.64. The molecule has 2 fully saturated rings. The number of methoxy groups -OCH3 is 1. The molecule has 3 amide bonds. The van der Waals surface area contributed by atoms with Crippen LogP contribution >= 0.6 is 0 Å². The molecule has 2 aliphatic heterocycles. The number of carbonyl (C=O) groups is 2. The molecule has 1 aromatic heterocycles. The minimum atomic E-state index is -1.06. The maximum Gasteiger partial charge on any atom is 0.317 e. The normalized spacial score (nSPS) is 21.2. The van der Waals surface area contributed by atoms with E-state index in [1.54, 1.807) is 23.8 Å². The first kappa shape index (κ1) is 21.1. The zero-order valence-electron chi connectivity index (χ0n) is 17.6. The van der Waals surface area contributed by atoms with E-state index in [4.69, 9.17) is 18.6 Å². The van der Waals surface area contributed by atoms with Crippen molar-refractivity contribution in [1.82, 2.24) is 20.1 Å². The number of benzene rings is 1. The Balaban J connectivity index is 1.36. The van der Waals surface area contributed by atoms with Crippen LogP contribution in [0.15, 0.2) is 35.1 Å². The molecule has 31 heavy (non-hydrogen) atoms. The number of hydrogen-bond acceptors (Lipinski definition) is 7. The maximum atomic E-state index is 12.8. The van der Waals surface area contributed by atoms with E-state index in [9.17, 15) is 9.59 Å². The number of nitrogens with one attached hydrogen (secondary N) is 1. The van der Waals surface area contributed by atoms with Gasteiger partial charge in [-0.3, -0.25) is 4.79 Å². The molecule has 1 N–H and O–H groups in total. The monoisotopic (exact) mass is 430 g/mol. The molecule has 4 rings (SSSR count). The van der Waals surface area contributed by atoms with E-state index in [-0.39, 0.29) is 30.8 Å². The summed E-state index contributed by atoms with van der Waals surface area (Å²) < 4.78 is 22.2. The Morgan fingerprint density at radius 3 is 2.45 bits per heavy atom. The van der Waals surface area contributed by atoms with E-state index in [0.717, 1.165) is 11.3 Å². The maximum absolute atomic E-state index is 12.8. The van der Waals surface area contributed by atoms with Gasteiger partial charge in [-0.15, -0.1) is 0 Å². The lowest BCUT2D eigenvalue weighted by atomic mass is 10.1. The summed E-state index contributed by atoms with van der Waals surface area (Å²) in [5, 5.41) is 2.92. The average Bonchev–Trinajstić information content (AvgIpc) is 3.23. The lowest BCUT2D eigenvalue weighted by molar-refractivity contribution is -0.281. The van der Waals surface area contributed by atoms with Crippen molar-refractivity contribution in [2.75, 3.05) is 46.5 Å². The summed E-state index contributed by atoms with van der Waals surface area (Å²) in [7, 11) is 1.61. The molecule has 2 aliphatic rings. The molecule has 0 saturated carbocycles. The summed E-state index contributed by atoms with van der Waals surface area (Å²) in [5.74, 6) is -0.346. The van der Waals surface area contributed by atoms with Crippen molar-refractivity contribution in [3.8, 4) is 5.75 Å². The molecular formula is C21H26N4O6. The summed E-state index contributed by atoms with van der Waals surface area (Å²) in [4.78, 5) is 32.8. The molecule has 0 radical (unpaired) electrons. The molecule has 1 atom stereocenters. The molecule has 1 unspecified atom stereocenters. The van der Waals surface area contributed by atoms with Crippen molar-refractivity contribution in [2.24, 2.45) is 0 Å². The van der Waals surface area contributed by atoms with Gasteiger partial charge in [0.15, 0.2) is 6.39 Å². The molecule has 2 saturated heterocycles.